The SMILES string of the molecule is CN[C@H](C#Cc1c(F)ccc2c1/C(=C/c1[nH]ccc1OC)C(=O)N2)[C@@H](C)O. The number of fused-ring (bicyclic) bond motifs is 1. The lowest BCUT2D eigenvalue weighted by molar-refractivity contribution is -0.110. The lowest BCUT2D eigenvalue weighted by Crippen LogP contribution is -2.34. The summed E-state index contributed by atoms with van der Waals surface area (Å²) in [4.78, 5) is 15.5. The van der Waals surface area contributed by atoms with E-state index in [1.807, 2.05) is 0 Å². The first-order valence-electron chi connectivity index (χ1n) is 8.40. The topological polar surface area (TPSA) is 86.4 Å². The molecular weight excluding hydrogens is 349 g/mol. The zero-order valence-corrected chi connectivity index (χ0v) is 15.2. The van der Waals surface area contributed by atoms with Crippen LogP contribution in [0.25, 0.3) is 11.6 Å². The molecule has 0 saturated heterocycles. The molecule has 27 heavy (non-hydrogen) atoms. The maximum Gasteiger partial charge on any atom is 0.256 e. The summed E-state index contributed by atoms with van der Waals surface area (Å²) in [6.07, 6.45) is 2.56. The molecule has 1 aliphatic heterocycles. The van der Waals surface area contributed by atoms with Gasteiger partial charge in [-0.15, -0.1) is 0 Å². The lowest BCUT2D eigenvalue weighted by Gasteiger charge is -2.12. The number of hydrogen-bond donors (Lipinski definition) is 4. The van der Waals surface area contributed by atoms with E-state index in [-0.39, 0.29) is 17.0 Å². The standard InChI is InChI=1S/C20H20FN3O3/c1-11(25)15(22-2)6-4-12-14(21)5-7-16-19(12)13(20(26)24-16)10-17-18(27-3)8-9-23-17/h5,7-11,15,22-23,25H,1-3H3,(H,24,26)/b13-10-/t11-,15-/m1/s1. The average molecular weight is 369 g/mol. The second kappa shape index (κ2) is 7.66. The van der Waals surface area contributed by atoms with Crippen LogP contribution in [0.1, 0.15) is 23.7 Å². The molecule has 1 aromatic carbocycles. The molecule has 1 aliphatic rings. The predicted octanol–water partition coefficient (Wildman–Crippen LogP) is 1.98. The van der Waals surface area contributed by atoms with Crippen LogP contribution in [-0.4, -0.2) is 42.3 Å². The van der Waals surface area contributed by atoms with Crippen molar-refractivity contribution in [3.8, 4) is 17.6 Å². The summed E-state index contributed by atoms with van der Waals surface area (Å²) in [6, 6.07) is 3.97. The van der Waals surface area contributed by atoms with Crippen LogP contribution in [-0.2, 0) is 4.79 Å². The van der Waals surface area contributed by atoms with Crippen LogP contribution in [0, 0.1) is 17.7 Å². The third-order valence-electron chi connectivity index (χ3n) is 4.31. The van der Waals surface area contributed by atoms with Crippen LogP contribution < -0.4 is 15.4 Å². The first-order chi connectivity index (χ1) is 13.0. The molecular formula is C20H20FN3O3. The van der Waals surface area contributed by atoms with Gasteiger partial charge in [0.15, 0.2) is 0 Å². The normalized spacial score (nSPS) is 16.3. The van der Waals surface area contributed by atoms with E-state index in [4.69, 9.17) is 4.74 Å². The maximum absolute atomic E-state index is 14.5. The molecule has 7 heteroatoms. The van der Waals surface area contributed by atoms with Crippen LogP contribution in [0.5, 0.6) is 5.75 Å². The van der Waals surface area contributed by atoms with Gasteiger partial charge in [-0.1, -0.05) is 11.8 Å². The molecule has 0 fully saturated rings. The predicted molar refractivity (Wildman–Crippen MR) is 102 cm³/mol. The van der Waals surface area contributed by atoms with E-state index in [9.17, 15) is 14.3 Å². The number of aromatic nitrogens is 1. The smallest absolute Gasteiger partial charge is 0.256 e. The number of hydrogen-bond acceptors (Lipinski definition) is 4. The van der Waals surface area contributed by atoms with Gasteiger partial charge < -0.3 is 25.5 Å². The van der Waals surface area contributed by atoms with Crippen LogP contribution in [0.4, 0.5) is 10.1 Å². The van der Waals surface area contributed by atoms with Gasteiger partial charge in [-0.2, -0.15) is 0 Å². The molecule has 6 nitrogen and oxygen atoms in total. The molecule has 0 saturated carbocycles. The number of carbonyl (C=O) groups excluding carboxylic acids is 1. The van der Waals surface area contributed by atoms with Gasteiger partial charge in [0.2, 0.25) is 0 Å². The fourth-order valence-corrected chi connectivity index (χ4v) is 2.91. The summed E-state index contributed by atoms with van der Waals surface area (Å²) in [7, 11) is 3.18. The minimum atomic E-state index is -0.736. The van der Waals surface area contributed by atoms with Crippen molar-refractivity contribution in [2.75, 3.05) is 19.5 Å². The number of ether oxygens (including phenoxy) is 1. The average Bonchev–Trinajstić information content (AvgIpc) is 3.21. The Hall–Kier alpha value is -3.08. The third-order valence-corrected chi connectivity index (χ3v) is 4.31. The number of aromatic amines is 1. The number of anilines is 1. The Labute approximate surface area is 156 Å². The monoisotopic (exact) mass is 369 g/mol. The number of nitrogens with one attached hydrogen (secondary N) is 3. The highest BCUT2D eigenvalue weighted by atomic mass is 19.1. The quantitative estimate of drug-likeness (QED) is 0.490. The van der Waals surface area contributed by atoms with Crippen molar-refractivity contribution in [3.05, 3.63) is 47.0 Å². The van der Waals surface area contributed by atoms with Crippen molar-refractivity contribution < 1.29 is 19.0 Å². The minimum absolute atomic E-state index is 0.100. The fourth-order valence-electron chi connectivity index (χ4n) is 2.91. The number of rotatable bonds is 4. The number of benzene rings is 1. The number of likely N-dealkylation sites (N-methyl/N-ethyl adjacent to an activating group) is 1. The summed E-state index contributed by atoms with van der Waals surface area (Å²) in [5, 5.41) is 15.3. The Morgan fingerprint density at radius 2 is 2.15 bits per heavy atom. The van der Waals surface area contributed by atoms with E-state index in [2.05, 4.69) is 27.5 Å². The van der Waals surface area contributed by atoms with Crippen LogP contribution in [0.15, 0.2) is 24.4 Å². The zero-order valence-electron chi connectivity index (χ0n) is 15.2. The Balaban J connectivity index is 2.14. The molecule has 4 N–H and O–H groups in total. The molecule has 3 rings (SSSR count). The largest absolute Gasteiger partial charge is 0.495 e. The molecule has 140 valence electrons. The minimum Gasteiger partial charge on any atom is -0.495 e. The summed E-state index contributed by atoms with van der Waals surface area (Å²) >= 11 is 0. The molecule has 1 aromatic heterocycles. The van der Waals surface area contributed by atoms with Crippen LogP contribution in [0.3, 0.4) is 0 Å². The fraction of sp³-hybridized carbons (Fsp3) is 0.250. The van der Waals surface area contributed by atoms with Crippen molar-refractivity contribution >= 4 is 23.2 Å². The summed E-state index contributed by atoms with van der Waals surface area (Å²) < 4.78 is 19.8. The summed E-state index contributed by atoms with van der Waals surface area (Å²) in [5.74, 6) is 5.28. The van der Waals surface area contributed by atoms with Gasteiger partial charge in [0.1, 0.15) is 11.6 Å². The molecule has 2 heterocycles. The molecule has 0 spiro atoms. The molecule has 0 aliphatic carbocycles. The Bertz CT molecular complexity index is 967. The van der Waals surface area contributed by atoms with Crippen molar-refractivity contribution in [3.63, 3.8) is 0 Å². The third kappa shape index (κ3) is 3.58. The number of halogens is 1. The van der Waals surface area contributed by atoms with Crippen LogP contribution >= 0.6 is 0 Å². The molecule has 1 amide bonds. The second-order valence-electron chi connectivity index (χ2n) is 6.09. The van der Waals surface area contributed by atoms with Crippen molar-refractivity contribution in [1.29, 1.82) is 0 Å². The van der Waals surface area contributed by atoms with E-state index in [0.29, 0.717) is 22.7 Å². The van der Waals surface area contributed by atoms with Gasteiger partial charge in [-0.05, 0) is 38.2 Å². The maximum atomic E-state index is 14.5. The van der Waals surface area contributed by atoms with E-state index in [1.165, 1.54) is 19.2 Å². The lowest BCUT2D eigenvalue weighted by atomic mass is 9.98. The highest BCUT2D eigenvalue weighted by Crippen LogP contribution is 2.37. The number of H-pyrrole nitrogens is 1. The Morgan fingerprint density at radius 3 is 2.81 bits per heavy atom. The molecule has 0 bridgehead atoms. The number of aliphatic hydroxyl groups is 1. The number of aliphatic hydroxyl groups excluding tert-OH is 1. The van der Waals surface area contributed by atoms with Crippen molar-refractivity contribution in [2.24, 2.45) is 0 Å². The number of methoxy groups -OCH3 is 1. The van der Waals surface area contributed by atoms with E-state index < -0.39 is 18.0 Å². The first kappa shape index (κ1) is 18.7. The Morgan fingerprint density at radius 1 is 1.37 bits per heavy atom. The second-order valence-corrected chi connectivity index (χ2v) is 6.09. The highest BCUT2D eigenvalue weighted by molar-refractivity contribution is 6.35. The van der Waals surface area contributed by atoms with Gasteiger partial charge in [0.05, 0.1) is 41.8 Å². The highest BCUT2D eigenvalue weighted by Gasteiger charge is 2.29. The molecule has 0 unspecified atom stereocenters. The molecule has 2 atom stereocenters. The van der Waals surface area contributed by atoms with Crippen molar-refractivity contribution in [2.45, 2.75) is 19.1 Å². The number of amides is 1. The molecule has 0 radical (unpaired) electrons. The summed E-state index contributed by atoms with van der Waals surface area (Å²) in [6.45, 7) is 1.59. The van der Waals surface area contributed by atoms with Crippen LogP contribution in [0.2, 0.25) is 0 Å². The van der Waals surface area contributed by atoms with E-state index in [1.54, 1.807) is 32.3 Å². The van der Waals surface area contributed by atoms with Gasteiger partial charge in [0.25, 0.3) is 5.91 Å². The van der Waals surface area contributed by atoms with Crippen molar-refractivity contribution in [1.82, 2.24) is 10.3 Å². The Kier molecular flexibility index (Phi) is 5.31. The van der Waals surface area contributed by atoms with E-state index in [0.717, 1.165) is 0 Å². The number of carbonyl (C=O) groups is 1. The summed E-state index contributed by atoms with van der Waals surface area (Å²) in [5.41, 5.74) is 1.86. The van der Waals surface area contributed by atoms with E-state index >= 15 is 0 Å². The zero-order chi connectivity index (χ0) is 19.6. The van der Waals surface area contributed by atoms with Gasteiger partial charge in [-0.25, -0.2) is 4.39 Å². The van der Waals surface area contributed by atoms with Gasteiger partial charge in [-0.3, -0.25) is 4.79 Å². The molecule has 2 aromatic rings. The van der Waals surface area contributed by atoms with Gasteiger partial charge in [0, 0.05) is 11.8 Å². The first-order valence-corrected chi connectivity index (χ1v) is 8.40. The van der Waals surface area contributed by atoms with Gasteiger partial charge >= 0.3 is 0 Å².